The average Bonchev–Trinajstić information content (AvgIpc) is 2.31. The fourth-order valence-corrected chi connectivity index (χ4v) is 0.977. The lowest BCUT2D eigenvalue weighted by molar-refractivity contribution is -0.127. The highest BCUT2D eigenvalue weighted by Crippen LogP contribution is 1.82. The Balaban J connectivity index is 0. The number of halogens is 1. The number of hydrogen-bond acceptors (Lipinski definition) is 3. The Morgan fingerprint density at radius 1 is 1.28 bits per heavy atom. The highest BCUT2D eigenvalue weighted by molar-refractivity contribution is 14.0. The van der Waals surface area contributed by atoms with Crippen LogP contribution in [0.5, 0.6) is 0 Å². The Bertz CT molecular complexity index is 247. The maximum Gasteiger partial charge on any atom is 0.243 e. The van der Waals surface area contributed by atoms with Crippen molar-refractivity contribution in [2.45, 2.75) is 13.3 Å². The van der Waals surface area contributed by atoms with Gasteiger partial charge in [-0.1, -0.05) is 6.92 Å². The molecule has 0 heterocycles. The first-order valence-electron chi connectivity index (χ1n) is 5.83. The molecule has 0 aromatic heterocycles. The van der Waals surface area contributed by atoms with Crippen molar-refractivity contribution in [2.24, 2.45) is 4.99 Å². The van der Waals surface area contributed by atoms with Crippen molar-refractivity contribution >= 4 is 35.8 Å². The summed E-state index contributed by atoms with van der Waals surface area (Å²) < 4.78 is 4.94. The van der Waals surface area contributed by atoms with Gasteiger partial charge in [0.2, 0.25) is 5.91 Å². The van der Waals surface area contributed by atoms with Crippen molar-refractivity contribution < 1.29 is 9.53 Å². The second kappa shape index (κ2) is 12.9. The van der Waals surface area contributed by atoms with Gasteiger partial charge in [0.1, 0.15) is 6.54 Å². The van der Waals surface area contributed by atoms with E-state index in [0.717, 1.165) is 13.0 Å². The average molecular weight is 372 g/mol. The molecule has 0 fully saturated rings. The number of rotatable bonds is 7. The van der Waals surface area contributed by atoms with Crippen LogP contribution in [0.2, 0.25) is 0 Å². The molecule has 0 aliphatic carbocycles. The van der Waals surface area contributed by atoms with Gasteiger partial charge in [0.25, 0.3) is 0 Å². The maximum absolute atomic E-state index is 11.4. The van der Waals surface area contributed by atoms with Crippen molar-refractivity contribution in [1.82, 2.24) is 15.5 Å². The minimum atomic E-state index is -0.0191. The summed E-state index contributed by atoms with van der Waals surface area (Å²) in [6, 6.07) is 0. The minimum absolute atomic E-state index is 0. The number of amides is 1. The molecule has 0 unspecified atom stereocenters. The fraction of sp³-hybridized carbons (Fsp3) is 0.818. The summed E-state index contributed by atoms with van der Waals surface area (Å²) in [6.07, 6.45) is 1.01. The predicted molar refractivity (Wildman–Crippen MR) is 84.6 cm³/mol. The second-order valence-electron chi connectivity index (χ2n) is 3.80. The van der Waals surface area contributed by atoms with Gasteiger partial charge < -0.3 is 20.3 Å². The Morgan fingerprint density at radius 3 is 2.39 bits per heavy atom. The number of ether oxygens (including phenoxy) is 1. The molecule has 0 saturated heterocycles. The number of nitrogens with one attached hydrogen (secondary N) is 2. The van der Waals surface area contributed by atoms with Crippen LogP contribution >= 0.6 is 24.0 Å². The van der Waals surface area contributed by atoms with Crippen molar-refractivity contribution in [1.29, 1.82) is 0 Å². The number of aliphatic imine (C=N–C) groups is 1. The van der Waals surface area contributed by atoms with Crippen LogP contribution in [0.25, 0.3) is 0 Å². The minimum Gasteiger partial charge on any atom is -0.383 e. The second-order valence-corrected chi connectivity index (χ2v) is 3.80. The quantitative estimate of drug-likeness (QED) is 0.292. The van der Waals surface area contributed by atoms with E-state index in [1.54, 1.807) is 21.2 Å². The molecular formula is C11H25IN4O2. The van der Waals surface area contributed by atoms with E-state index in [0.29, 0.717) is 19.1 Å². The summed E-state index contributed by atoms with van der Waals surface area (Å²) in [5.74, 6) is 0.633. The first kappa shape index (κ1) is 19.8. The van der Waals surface area contributed by atoms with E-state index in [-0.39, 0.29) is 36.4 Å². The van der Waals surface area contributed by atoms with Crippen LogP contribution in [-0.2, 0) is 9.53 Å². The zero-order valence-corrected chi connectivity index (χ0v) is 14.0. The third-order valence-corrected chi connectivity index (χ3v) is 2.01. The molecule has 1 amide bonds. The number of hydrogen-bond donors (Lipinski definition) is 2. The number of likely N-dealkylation sites (N-methyl/N-ethyl adjacent to an activating group) is 1. The first-order valence-corrected chi connectivity index (χ1v) is 5.83. The summed E-state index contributed by atoms with van der Waals surface area (Å²) in [7, 11) is 5.08. The highest BCUT2D eigenvalue weighted by Gasteiger charge is 2.03. The van der Waals surface area contributed by atoms with E-state index in [2.05, 4.69) is 22.5 Å². The third kappa shape index (κ3) is 10.6. The molecule has 18 heavy (non-hydrogen) atoms. The summed E-state index contributed by atoms with van der Waals surface area (Å²) in [4.78, 5) is 17.1. The van der Waals surface area contributed by atoms with Gasteiger partial charge in [-0.15, -0.1) is 24.0 Å². The smallest absolute Gasteiger partial charge is 0.243 e. The molecule has 0 rings (SSSR count). The molecule has 0 radical (unpaired) electrons. The van der Waals surface area contributed by atoms with E-state index in [4.69, 9.17) is 4.74 Å². The molecule has 108 valence electrons. The van der Waals surface area contributed by atoms with Crippen LogP contribution in [0.4, 0.5) is 0 Å². The summed E-state index contributed by atoms with van der Waals surface area (Å²) >= 11 is 0. The van der Waals surface area contributed by atoms with Crippen LogP contribution in [-0.4, -0.2) is 64.2 Å². The van der Waals surface area contributed by atoms with Crippen LogP contribution in [0.3, 0.4) is 0 Å². The van der Waals surface area contributed by atoms with Crippen LogP contribution in [0.15, 0.2) is 4.99 Å². The van der Waals surface area contributed by atoms with E-state index < -0.39 is 0 Å². The summed E-state index contributed by atoms with van der Waals surface area (Å²) in [5.41, 5.74) is 0. The molecule has 0 aromatic rings. The van der Waals surface area contributed by atoms with Crippen molar-refractivity contribution in [3.05, 3.63) is 0 Å². The van der Waals surface area contributed by atoms with E-state index in [1.807, 2.05) is 0 Å². The van der Waals surface area contributed by atoms with Gasteiger partial charge in [0, 0.05) is 34.3 Å². The Labute approximate surface area is 127 Å². The zero-order chi connectivity index (χ0) is 13.1. The molecule has 0 aromatic carbocycles. The molecule has 0 aliphatic rings. The van der Waals surface area contributed by atoms with Gasteiger partial charge >= 0.3 is 0 Å². The SMILES string of the molecule is CCCNC(=NCC(=O)N(C)C)NCCOC.I. The number of carbonyl (C=O) groups excluding carboxylic acids is 1. The van der Waals surface area contributed by atoms with E-state index >= 15 is 0 Å². The lowest BCUT2D eigenvalue weighted by Crippen LogP contribution is -2.40. The van der Waals surface area contributed by atoms with Gasteiger partial charge in [-0.05, 0) is 6.42 Å². The maximum atomic E-state index is 11.4. The molecule has 0 bridgehead atoms. The van der Waals surface area contributed by atoms with Gasteiger partial charge in [-0.3, -0.25) is 4.79 Å². The van der Waals surface area contributed by atoms with Crippen LogP contribution < -0.4 is 10.6 Å². The molecule has 0 aliphatic heterocycles. The standard InChI is InChI=1S/C11H24N4O2.HI/c1-5-6-12-11(13-7-8-17-4)14-9-10(16)15(2)3;/h5-9H2,1-4H3,(H2,12,13,14);1H. The van der Waals surface area contributed by atoms with Gasteiger partial charge in [-0.2, -0.15) is 0 Å². The monoisotopic (exact) mass is 372 g/mol. The fourth-order valence-electron chi connectivity index (χ4n) is 0.977. The molecular weight excluding hydrogens is 347 g/mol. The lowest BCUT2D eigenvalue weighted by atomic mass is 10.5. The first-order chi connectivity index (χ1) is 8.11. The Morgan fingerprint density at radius 2 is 1.89 bits per heavy atom. The predicted octanol–water partition coefficient (Wildman–Crippen LogP) is 0.284. The molecule has 0 atom stereocenters. The van der Waals surface area contributed by atoms with Gasteiger partial charge in [0.05, 0.1) is 6.61 Å². The number of methoxy groups -OCH3 is 1. The molecule has 6 nitrogen and oxygen atoms in total. The molecule has 7 heteroatoms. The largest absolute Gasteiger partial charge is 0.383 e. The molecule has 0 saturated carbocycles. The van der Waals surface area contributed by atoms with Crippen molar-refractivity contribution in [2.75, 3.05) is 47.4 Å². The Hall–Kier alpha value is -0.570. The summed E-state index contributed by atoms with van der Waals surface area (Å²) in [6.45, 7) is 4.33. The molecule has 0 spiro atoms. The summed E-state index contributed by atoms with van der Waals surface area (Å²) in [5, 5.41) is 6.23. The van der Waals surface area contributed by atoms with Gasteiger partial charge in [0.15, 0.2) is 5.96 Å². The van der Waals surface area contributed by atoms with Crippen molar-refractivity contribution in [3.8, 4) is 0 Å². The number of nitrogens with zero attached hydrogens (tertiary/aromatic N) is 2. The zero-order valence-electron chi connectivity index (χ0n) is 11.7. The normalized spacial score (nSPS) is 10.6. The number of guanidine groups is 1. The highest BCUT2D eigenvalue weighted by atomic mass is 127. The van der Waals surface area contributed by atoms with Crippen molar-refractivity contribution in [3.63, 3.8) is 0 Å². The van der Waals surface area contributed by atoms with Crippen LogP contribution in [0.1, 0.15) is 13.3 Å². The third-order valence-electron chi connectivity index (χ3n) is 2.01. The number of carbonyl (C=O) groups is 1. The Kier molecular flexibility index (Phi) is 14.1. The molecule has 2 N–H and O–H groups in total. The van der Waals surface area contributed by atoms with Crippen LogP contribution in [0, 0.1) is 0 Å². The van der Waals surface area contributed by atoms with E-state index in [1.165, 1.54) is 4.90 Å². The topological polar surface area (TPSA) is 66.0 Å². The lowest BCUT2D eigenvalue weighted by Gasteiger charge is -2.12. The van der Waals surface area contributed by atoms with Gasteiger partial charge in [-0.25, -0.2) is 4.99 Å². The van der Waals surface area contributed by atoms with E-state index in [9.17, 15) is 4.79 Å².